The molecular formula is C18H15N3O5S. The molecule has 0 atom stereocenters. The number of anilines is 1. The summed E-state index contributed by atoms with van der Waals surface area (Å²) < 4.78 is 26.2. The van der Waals surface area contributed by atoms with E-state index in [-0.39, 0.29) is 17.1 Å². The highest BCUT2D eigenvalue weighted by molar-refractivity contribution is 7.89. The van der Waals surface area contributed by atoms with E-state index in [9.17, 15) is 23.3 Å². The highest BCUT2D eigenvalue weighted by atomic mass is 32.2. The molecule has 0 saturated heterocycles. The Bertz CT molecular complexity index is 1110. The maximum absolute atomic E-state index is 12.1. The Morgan fingerprint density at radius 2 is 1.56 bits per heavy atom. The standard InChI is InChI=1S/C18H15N3O5S/c22-18(20-27(25,26)12-13-6-2-1-3-7-13)19-16-10-11-17(21(23)24)15-9-5-4-8-14(15)16/h1-11H,12H2,(H2,19,20,22). The van der Waals surface area contributed by atoms with Crippen molar-refractivity contribution in [3.8, 4) is 0 Å². The molecule has 3 aromatic carbocycles. The van der Waals surface area contributed by atoms with Gasteiger partial charge in [-0.05, 0) is 17.7 Å². The Hall–Kier alpha value is -3.46. The number of carbonyl (C=O) groups excluding carboxylic acids is 1. The van der Waals surface area contributed by atoms with Crippen LogP contribution in [0.25, 0.3) is 10.8 Å². The lowest BCUT2D eigenvalue weighted by Gasteiger charge is -2.11. The van der Waals surface area contributed by atoms with Crippen molar-refractivity contribution < 1.29 is 18.1 Å². The summed E-state index contributed by atoms with van der Waals surface area (Å²) in [6.07, 6.45) is 0. The van der Waals surface area contributed by atoms with E-state index < -0.39 is 21.0 Å². The van der Waals surface area contributed by atoms with Crippen molar-refractivity contribution in [1.29, 1.82) is 0 Å². The largest absolute Gasteiger partial charge is 0.332 e. The highest BCUT2D eigenvalue weighted by Crippen LogP contribution is 2.31. The minimum Gasteiger partial charge on any atom is -0.307 e. The fourth-order valence-corrected chi connectivity index (χ4v) is 3.71. The van der Waals surface area contributed by atoms with Crippen LogP contribution in [0.2, 0.25) is 0 Å². The number of nitro groups is 1. The highest BCUT2D eigenvalue weighted by Gasteiger charge is 2.18. The molecule has 0 spiro atoms. The molecule has 0 bridgehead atoms. The van der Waals surface area contributed by atoms with Crippen LogP contribution in [-0.2, 0) is 15.8 Å². The second-order valence-electron chi connectivity index (χ2n) is 5.74. The molecule has 8 nitrogen and oxygen atoms in total. The first-order valence-corrected chi connectivity index (χ1v) is 9.52. The minimum absolute atomic E-state index is 0.103. The van der Waals surface area contributed by atoms with Crippen molar-refractivity contribution in [2.75, 3.05) is 5.32 Å². The molecule has 0 saturated carbocycles. The third-order valence-electron chi connectivity index (χ3n) is 3.79. The van der Waals surface area contributed by atoms with Crippen LogP contribution in [0.5, 0.6) is 0 Å². The van der Waals surface area contributed by atoms with E-state index in [1.807, 2.05) is 4.72 Å². The number of carbonyl (C=O) groups is 1. The van der Waals surface area contributed by atoms with Crippen LogP contribution in [0.1, 0.15) is 5.56 Å². The van der Waals surface area contributed by atoms with Gasteiger partial charge in [0, 0.05) is 11.5 Å². The van der Waals surface area contributed by atoms with E-state index in [4.69, 9.17) is 0 Å². The van der Waals surface area contributed by atoms with Crippen molar-refractivity contribution in [2.24, 2.45) is 0 Å². The molecule has 27 heavy (non-hydrogen) atoms. The monoisotopic (exact) mass is 385 g/mol. The molecule has 0 unspecified atom stereocenters. The number of hydrogen-bond donors (Lipinski definition) is 2. The number of rotatable bonds is 5. The molecule has 0 heterocycles. The SMILES string of the molecule is O=C(Nc1ccc([N+](=O)[O-])c2ccccc12)NS(=O)(=O)Cc1ccccc1. The summed E-state index contributed by atoms with van der Waals surface area (Å²) in [6.45, 7) is 0. The fraction of sp³-hybridized carbons (Fsp3) is 0.0556. The van der Waals surface area contributed by atoms with Crippen LogP contribution >= 0.6 is 0 Å². The van der Waals surface area contributed by atoms with Gasteiger partial charge in [-0.2, -0.15) is 0 Å². The molecule has 3 rings (SSSR count). The number of amides is 2. The lowest BCUT2D eigenvalue weighted by Crippen LogP contribution is -2.35. The molecule has 0 aliphatic carbocycles. The van der Waals surface area contributed by atoms with Gasteiger partial charge in [0.25, 0.3) is 5.69 Å². The lowest BCUT2D eigenvalue weighted by molar-refractivity contribution is -0.383. The molecule has 0 aliphatic rings. The van der Waals surface area contributed by atoms with Crippen molar-refractivity contribution >= 4 is 38.2 Å². The fourth-order valence-electron chi connectivity index (χ4n) is 2.67. The van der Waals surface area contributed by atoms with Gasteiger partial charge in [0.2, 0.25) is 10.0 Å². The summed E-state index contributed by atoms with van der Waals surface area (Å²) in [5.74, 6) is -0.345. The van der Waals surface area contributed by atoms with E-state index in [1.165, 1.54) is 12.1 Å². The first-order chi connectivity index (χ1) is 12.9. The maximum atomic E-state index is 12.1. The van der Waals surface area contributed by atoms with E-state index in [2.05, 4.69) is 5.32 Å². The number of nitrogens with one attached hydrogen (secondary N) is 2. The maximum Gasteiger partial charge on any atom is 0.332 e. The number of urea groups is 1. The number of benzene rings is 3. The summed E-state index contributed by atoms with van der Waals surface area (Å²) in [4.78, 5) is 22.8. The number of hydrogen-bond acceptors (Lipinski definition) is 5. The minimum atomic E-state index is -3.90. The van der Waals surface area contributed by atoms with Gasteiger partial charge < -0.3 is 5.32 Å². The van der Waals surface area contributed by atoms with Crippen LogP contribution in [0.3, 0.4) is 0 Å². The zero-order valence-electron chi connectivity index (χ0n) is 14.0. The number of nitro benzene ring substituents is 1. The van der Waals surface area contributed by atoms with E-state index in [0.717, 1.165) is 0 Å². The van der Waals surface area contributed by atoms with Gasteiger partial charge in [-0.3, -0.25) is 10.1 Å². The molecule has 0 fully saturated rings. The summed E-state index contributed by atoms with van der Waals surface area (Å²) in [6, 6.07) is 16.6. The second-order valence-corrected chi connectivity index (χ2v) is 7.46. The van der Waals surface area contributed by atoms with Crippen molar-refractivity contribution in [1.82, 2.24) is 4.72 Å². The van der Waals surface area contributed by atoms with Crippen molar-refractivity contribution in [3.63, 3.8) is 0 Å². The lowest BCUT2D eigenvalue weighted by atomic mass is 10.1. The zero-order valence-corrected chi connectivity index (χ0v) is 14.8. The number of sulfonamides is 1. The second kappa shape index (κ2) is 7.42. The third kappa shape index (κ3) is 4.39. The predicted molar refractivity (Wildman–Crippen MR) is 102 cm³/mol. The molecule has 3 aromatic rings. The molecule has 0 aromatic heterocycles. The van der Waals surface area contributed by atoms with Gasteiger partial charge in [0.15, 0.2) is 0 Å². The van der Waals surface area contributed by atoms with Gasteiger partial charge in [0.1, 0.15) is 0 Å². The number of non-ortho nitro benzene ring substituents is 1. The van der Waals surface area contributed by atoms with Gasteiger partial charge in [0.05, 0.1) is 21.7 Å². The van der Waals surface area contributed by atoms with Gasteiger partial charge >= 0.3 is 6.03 Å². The van der Waals surface area contributed by atoms with Crippen LogP contribution in [0.4, 0.5) is 16.2 Å². The normalized spacial score (nSPS) is 11.1. The molecular weight excluding hydrogens is 370 g/mol. The van der Waals surface area contributed by atoms with Crippen LogP contribution in [-0.4, -0.2) is 19.4 Å². The van der Waals surface area contributed by atoms with Crippen LogP contribution in [0, 0.1) is 10.1 Å². The van der Waals surface area contributed by atoms with Crippen LogP contribution in [0.15, 0.2) is 66.7 Å². The third-order valence-corrected chi connectivity index (χ3v) is 5.00. The molecule has 0 radical (unpaired) electrons. The topological polar surface area (TPSA) is 118 Å². The number of nitrogens with zero attached hydrogens (tertiary/aromatic N) is 1. The van der Waals surface area contributed by atoms with E-state index in [0.29, 0.717) is 16.3 Å². The quantitative estimate of drug-likeness (QED) is 0.515. The summed E-state index contributed by atoms with van der Waals surface area (Å²) in [7, 11) is -3.90. The molecule has 0 aliphatic heterocycles. The summed E-state index contributed by atoms with van der Waals surface area (Å²) in [5.41, 5.74) is 0.704. The van der Waals surface area contributed by atoms with Gasteiger partial charge in [-0.25, -0.2) is 17.9 Å². The predicted octanol–water partition coefficient (Wildman–Crippen LogP) is 3.40. The molecule has 2 amide bonds. The summed E-state index contributed by atoms with van der Waals surface area (Å²) in [5, 5.41) is 14.4. The van der Waals surface area contributed by atoms with E-state index >= 15 is 0 Å². The van der Waals surface area contributed by atoms with Gasteiger partial charge in [-0.15, -0.1) is 0 Å². The summed E-state index contributed by atoms with van der Waals surface area (Å²) >= 11 is 0. The smallest absolute Gasteiger partial charge is 0.307 e. The molecule has 2 N–H and O–H groups in total. The Labute approximate surface area is 155 Å². The first-order valence-electron chi connectivity index (χ1n) is 7.87. The Morgan fingerprint density at radius 3 is 2.22 bits per heavy atom. The molecule has 138 valence electrons. The first kappa shape index (κ1) is 18.3. The average molecular weight is 385 g/mol. The number of fused-ring (bicyclic) bond motifs is 1. The Kier molecular flexibility index (Phi) is 5.04. The van der Waals surface area contributed by atoms with E-state index in [1.54, 1.807) is 54.6 Å². The van der Waals surface area contributed by atoms with Crippen molar-refractivity contribution in [2.45, 2.75) is 5.75 Å². The zero-order chi connectivity index (χ0) is 19.4. The van der Waals surface area contributed by atoms with Gasteiger partial charge in [-0.1, -0.05) is 48.5 Å². The van der Waals surface area contributed by atoms with Crippen LogP contribution < -0.4 is 10.0 Å². The Morgan fingerprint density at radius 1 is 0.926 bits per heavy atom. The Balaban J connectivity index is 1.80. The average Bonchev–Trinajstić information content (AvgIpc) is 2.61. The van der Waals surface area contributed by atoms with Crippen molar-refractivity contribution in [3.05, 3.63) is 82.4 Å². The molecule has 9 heteroatoms.